The summed E-state index contributed by atoms with van der Waals surface area (Å²) in [6.07, 6.45) is 4.96. The molecular weight excluding hydrogens is 322 g/mol. The molecule has 4 nitrogen and oxygen atoms in total. The predicted molar refractivity (Wildman–Crippen MR) is 91.0 cm³/mol. The lowest BCUT2D eigenvalue weighted by atomic mass is 10.0. The van der Waals surface area contributed by atoms with E-state index in [1.54, 1.807) is 23.3 Å². The van der Waals surface area contributed by atoms with Crippen LogP contribution in [-0.4, -0.2) is 19.7 Å². The van der Waals surface area contributed by atoms with Crippen molar-refractivity contribution in [2.24, 2.45) is 0 Å². The van der Waals surface area contributed by atoms with Crippen LogP contribution in [0.1, 0.15) is 11.3 Å². The third-order valence-corrected chi connectivity index (χ3v) is 4.16. The molecule has 0 saturated carbocycles. The normalized spacial score (nSPS) is 11.2. The SMILES string of the molecule is Cc1c(F)ccc(-c2cnc3cnn(Cc4ccccn4)c3c2)c1F. The quantitative estimate of drug-likeness (QED) is 0.565. The second kappa shape index (κ2) is 6.05. The van der Waals surface area contributed by atoms with Crippen molar-refractivity contribution in [3.63, 3.8) is 0 Å². The number of aromatic nitrogens is 4. The lowest BCUT2D eigenvalue weighted by molar-refractivity contribution is 0.570. The zero-order valence-electron chi connectivity index (χ0n) is 13.4. The molecule has 0 amide bonds. The van der Waals surface area contributed by atoms with E-state index in [0.717, 1.165) is 11.2 Å². The molecule has 0 aliphatic heterocycles. The Labute approximate surface area is 142 Å². The van der Waals surface area contributed by atoms with Crippen LogP contribution in [0.15, 0.2) is 55.0 Å². The Morgan fingerprint density at radius 2 is 1.92 bits per heavy atom. The molecule has 1 aromatic carbocycles. The summed E-state index contributed by atoms with van der Waals surface area (Å²) >= 11 is 0. The second-order valence-corrected chi connectivity index (χ2v) is 5.79. The minimum absolute atomic E-state index is 0.000379. The minimum atomic E-state index is -0.572. The van der Waals surface area contributed by atoms with Crippen molar-refractivity contribution in [3.05, 3.63) is 77.9 Å². The van der Waals surface area contributed by atoms with Gasteiger partial charge in [-0.2, -0.15) is 5.10 Å². The molecule has 124 valence electrons. The van der Waals surface area contributed by atoms with Gasteiger partial charge < -0.3 is 0 Å². The highest BCUT2D eigenvalue weighted by Crippen LogP contribution is 2.28. The Morgan fingerprint density at radius 3 is 2.72 bits per heavy atom. The number of hydrogen-bond acceptors (Lipinski definition) is 3. The van der Waals surface area contributed by atoms with Crippen LogP contribution >= 0.6 is 0 Å². The van der Waals surface area contributed by atoms with Crippen LogP contribution in [0.2, 0.25) is 0 Å². The third kappa shape index (κ3) is 2.76. The molecule has 6 heteroatoms. The van der Waals surface area contributed by atoms with Crippen LogP contribution in [0, 0.1) is 18.6 Å². The topological polar surface area (TPSA) is 43.6 Å². The fourth-order valence-electron chi connectivity index (χ4n) is 2.76. The lowest BCUT2D eigenvalue weighted by Crippen LogP contribution is -2.03. The van der Waals surface area contributed by atoms with E-state index in [1.807, 2.05) is 24.3 Å². The first kappa shape index (κ1) is 15.4. The fraction of sp³-hybridized carbons (Fsp3) is 0.105. The van der Waals surface area contributed by atoms with Gasteiger partial charge in [-0.05, 0) is 37.3 Å². The Morgan fingerprint density at radius 1 is 1.04 bits per heavy atom. The van der Waals surface area contributed by atoms with Crippen LogP contribution in [0.4, 0.5) is 8.78 Å². The maximum atomic E-state index is 14.4. The number of hydrogen-bond donors (Lipinski definition) is 0. The molecule has 0 saturated heterocycles. The van der Waals surface area contributed by atoms with E-state index in [-0.39, 0.29) is 5.56 Å². The van der Waals surface area contributed by atoms with Crippen molar-refractivity contribution < 1.29 is 8.78 Å². The summed E-state index contributed by atoms with van der Waals surface area (Å²) in [4.78, 5) is 8.64. The molecule has 0 atom stereocenters. The molecule has 0 aliphatic carbocycles. The highest BCUT2D eigenvalue weighted by atomic mass is 19.1. The van der Waals surface area contributed by atoms with Gasteiger partial charge in [0, 0.05) is 29.1 Å². The zero-order valence-corrected chi connectivity index (χ0v) is 13.4. The van der Waals surface area contributed by atoms with Gasteiger partial charge in [0.25, 0.3) is 0 Å². The van der Waals surface area contributed by atoms with Crippen LogP contribution in [0.5, 0.6) is 0 Å². The zero-order chi connectivity index (χ0) is 17.4. The summed E-state index contributed by atoms with van der Waals surface area (Å²) in [6.45, 7) is 1.91. The Hall–Kier alpha value is -3.15. The number of pyridine rings is 2. The van der Waals surface area contributed by atoms with E-state index in [4.69, 9.17) is 0 Å². The molecule has 0 unspecified atom stereocenters. The molecule has 4 aromatic rings. The minimum Gasteiger partial charge on any atom is -0.259 e. The van der Waals surface area contributed by atoms with E-state index >= 15 is 0 Å². The van der Waals surface area contributed by atoms with Crippen molar-refractivity contribution >= 4 is 11.0 Å². The second-order valence-electron chi connectivity index (χ2n) is 5.79. The van der Waals surface area contributed by atoms with Crippen molar-refractivity contribution in [3.8, 4) is 11.1 Å². The van der Waals surface area contributed by atoms with E-state index in [9.17, 15) is 8.78 Å². The smallest absolute Gasteiger partial charge is 0.136 e. The van der Waals surface area contributed by atoms with Gasteiger partial charge in [-0.3, -0.25) is 14.6 Å². The van der Waals surface area contributed by atoms with E-state index in [0.29, 0.717) is 23.2 Å². The highest BCUT2D eigenvalue weighted by Gasteiger charge is 2.14. The molecule has 0 spiro atoms. The first-order valence-corrected chi connectivity index (χ1v) is 7.80. The molecule has 3 heterocycles. The van der Waals surface area contributed by atoms with E-state index in [1.165, 1.54) is 19.1 Å². The number of nitrogens with zero attached hydrogens (tertiary/aromatic N) is 4. The van der Waals surface area contributed by atoms with Crippen molar-refractivity contribution in [2.75, 3.05) is 0 Å². The lowest BCUT2D eigenvalue weighted by Gasteiger charge is -2.08. The summed E-state index contributed by atoms with van der Waals surface area (Å²) in [5.41, 5.74) is 3.24. The van der Waals surface area contributed by atoms with Gasteiger partial charge in [-0.25, -0.2) is 8.78 Å². The number of benzene rings is 1. The maximum absolute atomic E-state index is 14.4. The summed E-state index contributed by atoms with van der Waals surface area (Å²) in [5.74, 6) is -1.13. The van der Waals surface area contributed by atoms with Gasteiger partial charge in [-0.1, -0.05) is 6.07 Å². The molecule has 4 rings (SSSR count). The maximum Gasteiger partial charge on any atom is 0.136 e. The van der Waals surface area contributed by atoms with Crippen molar-refractivity contribution in [2.45, 2.75) is 13.5 Å². The Bertz CT molecular complexity index is 1060. The average Bonchev–Trinajstić information content (AvgIpc) is 3.03. The fourth-order valence-corrected chi connectivity index (χ4v) is 2.76. The molecule has 0 bridgehead atoms. The molecule has 25 heavy (non-hydrogen) atoms. The molecule has 0 aliphatic rings. The largest absolute Gasteiger partial charge is 0.259 e. The summed E-state index contributed by atoms with van der Waals surface area (Å²) in [5, 5.41) is 4.34. The van der Waals surface area contributed by atoms with E-state index in [2.05, 4.69) is 15.1 Å². The van der Waals surface area contributed by atoms with E-state index < -0.39 is 11.6 Å². The van der Waals surface area contributed by atoms with Gasteiger partial charge in [0.1, 0.15) is 17.2 Å². The van der Waals surface area contributed by atoms with Crippen molar-refractivity contribution in [1.82, 2.24) is 19.7 Å². The molecular formula is C19H14F2N4. The number of halogens is 2. The third-order valence-electron chi connectivity index (χ3n) is 4.16. The first-order valence-electron chi connectivity index (χ1n) is 7.80. The summed E-state index contributed by atoms with van der Waals surface area (Å²) in [6, 6.07) is 10.2. The molecule has 0 N–H and O–H groups in total. The molecule has 3 aromatic heterocycles. The molecule has 0 fully saturated rings. The summed E-state index contributed by atoms with van der Waals surface area (Å²) in [7, 11) is 0. The average molecular weight is 336 g/mol. The van der Waals surface area contributed by atoms with Gasteiger partial charge >= 0.3 is 0 Å². The predicted octanol–water partition coefficient (Wildman–Crippen LogP) is 4.13. The standard InChI is InChI=1S/C19H14F2N4/c1-12-16(20)6-5-15(19(12)21)13-8-18-17(23-9-13)10-24-25(18)11-14-4-2-3-7-22-14/h2-10H,11H2,1H3. The van der Waals surface area contributed by atoms with Gasteiger partial charge in [0.15, 0.2) is 0 Å². The Balaban J connectivity index is 1.80. The van der Waals surface area contributed by atoms with Crippen LogP contribution in [0.25, 0.3) is 22.2 Å². The van der Waals surface area contributed by atoms with Crippen LogP contribution in [0.3, 0.4) is 0 Å². The first-order chi connectivity index (χ1) is 12.1. The van der Waals surface area contributed by atoms with Crippen LogP contribution in [-0.2, 0) is 6.54 Å². The van der Waals surface area contributed by atoms with Gasteiger partial charge in [-0.15, -0.1) is 0 Å². The Kier molecular flexibility index (Phi) is 3.72. The van der Waals surface area contributed by atoms with Gasteiger partial charge in [0.05, 0.1) is 24.0 Å². The summed E-state index contributed by atoms with van der Waals surface area (Å²) < 4.78 is 29.7. The molecule has 0 radical (unpaired) electrons. The monoisotopic (exact) mass is 336 g/mol. The number of fused-ring (bicyclic) bond motifs is 1. The van der Waals surface area contributed by atoms with Crippen LogP contribution < -0.4 is 0 Å². The van der Waals surface area contributed by atoms with Crippen molar-refractivity contribution in [1.29, 1.82) is 0 Å². The highest BCUT2D eigenvalue weighted by molar-refractivity contribution is 5.80. The number of rotatable bonds is 3. The van der Waals surface area contributed by atoms with Gasteiger partial charge in [0.2, 0.25) is 0 Å².